The molecule has 0 aromatic carbocycles. The van der Waals surface area contributed by atoms with Crippen molar-refractivity contribution in [3.8, 4) is 11.4 Å². The molecule has 1 saturated carbocycles. The molecule has 2 aromatic rings. The van der Waals surface area contributed by atoms with Crippen LogP contribution in [0.15, 0.2) is 30.7 Å². The van der Waals surface area contributed by atoms with E-state index in [1.165, 1.54) is 12.8 Å². The van der Waals surface area contributed by atoms with Crippen molar-refractivity contribution < 1.29 is 9.53 Å². The topological polar surface area (TPSA) is 68.2 Å². The summed E-state index contributed by atoms with van der Waals surface area (Å²) in [4.78, 5) is 28.2. The number of carbonyl (C=O) groups excluding carboxylic acids is 1. The zero-order valence-electron chi connectivity index (χ0n) is 14.7. The van der Waals surface area contributed by atoms with Crippen molar-refractivity contribution in [3.63, 3.8) is 0 Å². The Morgan fingerprint density at radius 2 is 2.27 bits per heavy atom. The van der Waals surface area contributed by atoms with E-state index in [1.54, 1.807) is 12.4 Å². The molecule has 3 aliphatic rings. The summed E-state index contributed by atoms with van der Waals surface area (Å²) in [5.41, 5.74) is 2.81. The van der Waals surface area contributed by atoms with Gasteiger partial charge < -0.3 is 9.64 Å². The van der Waals surface area contributed by atoms with E-state index in [-0.39, 0.29) is 11.3 Å². The summed E-state index contributed by atoms with van der Waals surface area (Å²) < 4.78 is 5.87. The van der Waals surface area contributed by atoms with Gasteiger partial charge in [-0.1, -0.05) is 0 Å². The lowest BCUT2D eigenvalue weighted by atomic mass is 9.80. The van der Waals surface area contributed by atoms with Gasteiger partial charge in [-0.3, -0.25) is 9.78 Å². The lowest BCUT2D eigenvalue weighted by Crippen LogP contribution is -2.41. The van der Waals surface area contributed by atoms with E-state index in [1.807, 2.05) is 23.2 Å². The lowest BCUT2D eigenvalue weighted by Gasteiger charge is -2.34. The Hall–Kier alpha value is -2.34. The Balaban J connectivity index is 1.46. The minimum atomic E-state index is -0.202. The second-order valence-corrected chi connectivity index (χ2v) is 7.80. The number of likely N-dealkylation sites (tertiary alicyclic amines) is 1. The predicted molar refractivity (Wildman–Crippen MR) is 95.1 cm³/mol. The van der Waals surface area contributed by atoms with Crippen molar-refractivity contribution >= 4 is 5.91 Å². The first-order chi connectivity index (χ1) is 12.7. The summed E-state index contributed by atoms with van der Waals surface area (Å²) in [7, 11) is 0. The van der Waals surface area contributed by atoms with Gasteiger partial charge in [0.05, 0.1) is 24.3 Å². The highest BCUT2D eigenvalue weighted by molar-refractivity contribution is 5.77. The molecule has 4 heterocycles. The van der Waals surface area contributed by atoms with Gasteiger partial charge >= 0.3 is 0 Å². The molecule has 1 atom stereocenters. The van der Waals surface area contributed by atoms with E-state index >= 15 is 0 Å². The summed E-state index contributed by atoms with van der Waals surface area (Å²) >= 11 is 0. The van der Waals surface area contributed by atoms with Crippen molar-refractivity contribution in [1.82, 2.24) is 19.9 Å². The summed E-state index contributed by atoms with van der Waals surface area (Å²) in [6.45, 7) is 2.66. The average molecular weight is 350 g/mol. The molecule has 2 aromatic heterocycles. The van der Waals surface area contributed by atoms with Gasteiger partial charge in [-0.2, -0.15) is 0 Å². The van der Waals surface area contributed by atoms with E-state index in [2.05, 4.69) is 9.97 Å². The maximum absolute atomic E-state index is 12.6. The van der Waals surface area contributed by atoms with Crippen LogP contribution in [0.25, 0.3) is 11.4 Å². The maximum Gasteiger partial charge on any atom is 0.222 e. The molecule has 2 aliphatic heterocycles. The van der Waals surface area contributed by atoms with Gasteiger partial charge in [0, 0.05) is 49.2 Å². The first kappa shape index (κ1) is 15.9. The highest BCUT2D eigenvalue weighted by atomic mass is 16.5. The number of rotatable bonds is 3. The molecular formula is C20H22N4O2. The normalized spacial score (nSPS) is 24.7. The number of carbonyl (C=O) groups is 1. The molecule has 1 saturated heterocycles. The predicted octanol–water partition coefficient (Wildman–Crippen LogP) is 2.34. The first-order valence-electron chi connectivity index (χ1n) is 9.36. The zero-order valence-corrected chi connectivity index (χ0v) is 14.7. The monoisotopic (exact) mass is 350 g/mol. The standard InChI is InChI=1S/C20H22N4O2/c25-17(8-14-3-4-14)24-7-5-20(12-24)13-26-11-16-10-22-19(23-18(16)20)15-2-1-6-21-9-15/h1-2,6,9-10,14H,3-5,7-8,11-13H2/t20-/m0/s1. The Kier molecular flexibility index (Phi) is 3.74. The van der Waals surface area contributed by atoms with Crippen LogP contribution in [0.5, 0.6) is 0 Å². The average Bonchev–Trinajstić information content (AvgIpc) is 3.40. The molecule has 6 heteroatoms. The summed E-state index contributed by atoms with van der Waals surface area (Å²) in [5, 5.41) is 0. The van der Waals surface area contributed by atoms with E-state index in [0.29, 0.717) is 37.9 Å². The highest BCUT2D eigenvalue weighted by Crippen LogP contribution is 2.41. The molecule has 134 valence electrons. The number of amides is 1. The van der Waals surface area contributed by atoms with Crippen LogP contribution in [-0.2, 0) is 21.6 Å². The van der Waals surface area contributed by atoms with Crippen LogP contribution < -0.4 is 0 Å². The number of nitrogens with zero attached hydrogens (tertiary/aromatic N) is 4. The molecule has 5 rings (SSSR count). The van der Waals surface area contributed by atoms with Crippen molar-refractivity contribution in [2.24, 2.45) is 5.92 Å². The number of aromatic nitrogens is 3. The second kappa shape index (κ2) is 6.13. The molecule has 26 heavy (non-hydrogen) atoms. The number of hydrogen-bond donors (Lipinski definition) is 0. The van der Waals surface area contributed by atoms with Gasteiger partial charge in [0.25, 0.3) is 0 Å². The quantitative estimate of drug-likeness (QED) is 0.850. The van der Waals surface area contributed by atoms with Crippen LogP contribution in [0.2, 0.25) is 0 Å². The Labute approximate surface area is 152 Å². The minimum Gasteiger partial charge on any atom is -0.376 e. The van der Waals surface area contributed by atoms with Crippen LogP contribution in [0.4, 0.5) is 0 Å². The van der Waals surface area contributed by atoms with Gasteiger partial charge in [-0.15, -0.1) is 0 Å². The zero-order chi connectivity index (χ0) is 17.6. The van der Waals surface area contributed by atoms with Crippen LogP contribution in [0, 0.1) is 5.92 Å². The van der Waals surface area contributed by atoms with Crippen LogP contribution >= 0.6 is 0 Å². The molecule has 1 amide bonds. The molecule has 0 bridgehead atoms. The van der Waals surface area contributed by atoms with Crippen LogP contribution in [0.1, 0.15) is 36.9 Å². The highest BCUT2D eigenvalue weighted by Gasteiger charge is 2.46. The summed E-state index contributed by atoms with van der Waals surface area (Å²) in [5.74, 6) is 1.60. The fourth-order valence-corrected chi connectivity index (χ4v) is 4.12. The number of pyridine rings is 1. The van der Waals surface area contributed by atoms with Gasteiger partial charge in [0.2, 0.25) is 5.91 Å². The van der Waals surface area contributed by atoms with E-state index < -0.39 is 0 Å². The van der Waals surface area contributed by atoms with Crippen LogP contribution in [0.3, 0.4) is 0 Å². The maximum atomic E-state index is 12.6. The largest absolute Gasteiger partial charge is 0.376 e. The SMILES string of the molecule is O=C(CC1CC1)N1CC[C@@]2(COCc3cnc(-c4cccnc4)nc32)C1. The van der Waals surface area contributed by atoms with Crippen LogP contribution in [-0.4, -0.2) is 45.5 Å². The fraction of sp³-hybridized carbons (Fsp3) is 0.500. The molecule has 0 N–H and O–H groups in total. The van der Waals surface area contributed by atoms with Gasteiger partial charge in [-0.25, -0.2) is 9.97 Å². The van der Waals surface area contributed by atoms with Gasteiger partial charge in [0.15, 0.2) is 5.82 Å². The second-order valence-electron chi connectivity index (χ2n) is 7.80. The Morgan fingerprint density at radius 1 is 1.35 bits per heavy atom. The summed E-state index contributed by atoms with van der Waals surface area (Å²) in [6.07, 6.45) is 9.43. The Morgan fingerprint density at radius 3 is 3.08 bits per heavy atom. The third kappa shape index (κ3) is 2.78. The third-order valence-electron chi connectivity index (χ3n) is 5.79. The number of ether oxygens (including phenoxy) is 1. The summed E-state index contributed by atoms with van der Waals surface area (Å²) in [6, 6.07) is 3.87. The number of hydrogen-bond acceptors (Lipinski definition) is 5. The van der Waals surface area contributed by atoms with Crippen molar-refractivity contribution in [1.29, 1.82) is 0 Å². The Bertz CT molecular complexity index is 837. The molecule has 2 fully saturated rings. The smallest absolute Gasteiger partial charge is 0.222 e. The first-order valence-corrected chi connectivity index (χ1v) is 9.36. The molecule has 1 spiro atoms. The lowest BCUT2D eigenvalue weighted by molar-refractivity contribution is -0.130. The molecule has 0 radical (unpaired) electrons. The number of fused-ring (bicyclic) bond motifs is 2. The third-order valence-corrected chi connectivity index (χ3v) is 5.79. The van der Waals surface area contributed by atoms with E-state index in [0.717, 1.165) is 29.8 Å². The van der Waals surface area contributed by atoms with E-state index in [9.17, 15) is 4.79 Å². The fourth-order valence-electron chi connectivity index (χ4n) is 4.12. The molecule has 1 aliphatic carbocycles. The van der Waals surface area contributed by atoms with Crippen molar-refractivity contribution in [2.45, 2.75) is 37.7 Å². The van der Waals surface area contributed by atoms with Gasteiger partial charge in [0.1, 0.15) is 0 Å². The molecular weight excluding hydrogens is 328 g/mol. The van der Waals surface area contributed by atoms with Gasteiger partial charge in [-0.05, 0) is 37.3 Å². The van der Waals surface area contributed by atoms with E-state index in [4.69, 9.17) is 9.72 Å². The minimum absolute atomic E-state index is 0.202. The van der Waals surface area contributed by atoms with Crippen molar-refractivity contribution in [3.05, 3.63) is 42.0 Å². The molecule has 6 nitrogen and oxygen atoms in total. The van der Waals surface area contributed by atoms with Crippen molar-refractivity contribution in [2.75, 3.05) is 19.7 Å². The molecule has 0 unspecified atom stereocenters.